The van der Waals surface area contributed by atoms with Gasteiger partial charge in [0.15, 0.2) is 0 Å². The maximum Gasteiger partial charge on any atom is 0.308 e. The number of rotatable bonds is 8. The SMILES string of the molecule is CCCC(=O)OCO/N=[N+](\[O-])N(C)CCO. The number of hydrogen-bond donors (Lipinski definition) is 1. The zero-order valence-corrected chi connectivity index (χ0v) is 9.46. The number of esters is 1. The van der Waals surface area contributed by atoms with Crippen molar-refractivity contribution in [2.45, 2.75) is 19.8 Å². The van der Waals surface area contributed by atoms with E-state index in [1.807, 2.05) is 6.92 Å². The maximum atomic E-state index is 11.0. The Bertz CT molecular complexity index is 234. The van der Waals surface area contributed by atoms with Crippen molar-refractivity contribution in [1.29, 1.82) is 0 Å². The Morgan fingerprint density at radius 3 is 2.88 bits per heavy atom. The Morgan fingerprint density at radius 1 is 1.62 bits per heavy atom. The highest BCUT2D eigenvalue weighted by molar-refractivity contribution is 5.69. The smallest absolute Gasteiger partial charge is 0.308 e. The molecule has 8 nitrogen and oxygen atoms in total. The van der Waals surface area contributed by atoms with Gasteiger partial charge in [0.25, 0.3) is 6.79 Å². The summed E-state index contributed by atoms with van der Waals surface area (Å²) in [6.45, 7) is 1.41. The monoisotopic (exact) mass is 235 g/mol. The molecular weight excluding hydrogens is 218 g/mol. The summed E-state index contributed by atoms with van der Waals surface area (Å²) in [6, 6.07) is 0. The molecule has 0 rings (SSSR count). The van der Waals surface area contributed by atoms with Crippen molar-refractivity contribution in [2.75, 3.05) is 27.0 Å². The third-order valence-corrected chi connectivity index (χ3v) is 1.57. The van der Waals surface area contributed by atoms with Crippen LogP contribution < -0.4 is 0 Å². The first kappa shape index (κ1) is 14.4. The molecule has 0 aromatic heterocycles. The number of likely N-dealkylation sites (N-methyl/N-ethyl adjacent to an activating group) is 1. The third kappa shape index (κ3) is 6.82. The topological polar surface area (TPSA) is 97.4 Å². The van der Waals surface area contributed by atoms with Crippen LogP contribution in [-0.4, -0.2) is 48.0 Å². The van der Waals surface area contributed by atoms with Gasteiger partial charge in [-0.1, -0.05) is 6.92 Å². The summed E-state index contributed by atoms with van der Waals surface area (Å²) in [4.78, 5) is 15.5. The predicted molar refractivity (Wildman–Crippen MR) is 52.7 cm³/mol. The number of carbonyl (C=O) groups excluding carboxylic acids is 1. The molecule has 8 heteroatoms. The molecule has 0 radical (unpaired) electrons. The van der Waals surface area contributed by atoms with E-state index in [-0.39, 0.29) is 18.1 Å². The molecular formula is C8H17N3O5. The maximum absolute atomic E-state index is 11.0. The molecule has 1 N–H and O–H groups in total. The number of aliphatic hydroxyl groups is 1. The van der Waals surface area contributed by atoms with Gasteiger partial charge in [-0.25, -0.2) is 0 Å². The highest BCUT2D eigenvalue weighted by Crippen LogP contribution is 1.92. The Balaban J connectivity index is 3.70. The average Bonchev–Trinajstić information content (AvgIpc) is 2.24. The van der Waals surface area contributed by atoms with Gasteiger partial charge in [0, 0.05) is 6.42 Å². The molecule has 0 aliphatic rings. The van der Waals surface area contributed by atoms with Crippen molar-refractivity contribution in [2.24, 2.45) is 5.28 Å². The normalized spacial score (nSPS) is 11.1. The molecule has 0 heterocycles. The van der Waals surface area contributed by atoms with Gasteiger partial charge < -0.3 is 19.9 Å². The van der Waals surface area contributed by atoms with Crippen molar-refractivity contribution in [3.05, 3.63) is 5.21 Å². The van der Waals surface area contributed by atoms with Crippen LogP contribution in [0.25, 0.3) is 0 Å². The highest BCUT2D eigenvalue weighted by Gasteiger charge is 2.05. The minimum atomic E-state index is -0.404. The number of aliphatic hydroxyl groups excluding tert-OH is 1. The Labute approximate surface area is 93.6 Å². The van der Waals surface area contributed by atoms with Crippen molar-refractivity contribution >= 4 is 5.97 Å². The van der Waals surface area contributed by atoms with Gasteiger partial charge in [-0.3, -0.25) is 4.79 Å². The second-order valence-electron chi connectivity index (χ2n) is 2.95. The van der Waals surface area contributed by atoms with Crippen LogP contribution >= 0.6 is 0 Å². The summed E-state index contributed by atoms with van der Waals surface area (Å²) in [5.74, 6) is -0.404. The van der Waals surface area contributed by atoms with Gasteiger partial charge >= 0.3 is 5.97 Å². The van der Waals surface area contributed by atoms with E-state index in [0.717, 1.165) is 5.01 Å². The van der Waals surface area contributed by atoms with Crippen LogP contribution in [0, 0.1) is 5.21 Å². The van der Waals surface area contributed by atoms with E-state index < -0.39 is 12.8 Å². The van der Waals surface area contributed by atoms with Crippen LogP contribution in [0.1, 0.15) is 19.8 Å². The number of nitrogens with zero attached hydrogens (tertiary/aromatic N) is 3. The van der Waals surface area contributed by atoms with Crippen LogP contribution in [-0.2, 0) is 14.4 Å². The zero-order chi connectivity index (χ0) is 12.4. The fourth-order valence-electron chi connectivity index (χ4n) is 0.734. The Morgan fingerprint density at radius 2 is 2.31 bits per heavy atom. The van der Waals surface area contributed by atoms with E-state index >= 15 is 0 Å². The van der Waals surface area contributed by atoms with Crippen LogP contribution in [0.2, 0.25) is 0 Å². The van der Waals surface area contributed by atoms with Crippen LogP contribution in [0.3, 0.4) is 0 Å². The van der Waals surface area contributed by atoms with Gasteiger partial charge in [0.05, 0.1) is 25.2 Å². The van der Waals surface area contributed by atoms with E-state index in [1.54, 1.807) is 0 Å². The molecule has 0 fully saturated rings. The molecule has 0 unspecified atom stereocenters. The molecule has 94 valence electrons. The molecule has 0 saturated heterocycles. The summed E-state index contributed by atoms with van der Waals surface area (Å²) in [5.41, 5.74) is 0. The molecule has 0 aliphatic carbocycles. The largest absolute Gasteiger partial charge is 0.569 e. The second kappa shape index (κ2) is 8.72. The first-order valence-electron chi connectivity index (χ1n) is 4.89. The summed E-state index contributed by atoms with van der Waals surface area (Å²) >= 11 is 0. The summed E-state index contributed by atoms with van der Waals surface area (Å²) in [7, 11) is 1.43. The lowest BCUT2D eigenvalue weighted by Crippen LogP contribution is -2.29. The van der Waals surface area contributed by atoms with Gasteiger partial charge in [0.2, 0.25) is 5.28 Å². The number of hydrogen-bond acceptors (Lipinski definition) is 6. The molecule has 0 bridgehead atoms. The van der Waals surface area contributed by atoms with E-state index in [4.69, 9.17) is 5.11 Å². The summed E-state index contributed by atoms with van der Waals surface area (Å²) in [5, 5.41) is 23.7. The lowest BCUT2D eigenvalue weighted by molar-refractivity contribution is -0.706. The van der Waals surface area contributed by atoms with Gasteiger partial charge in [-0.2, -0.15) is 0 Å². The minimum Gasteiger partial charge on any atom is -0.569 e. The molecule has 0 aromatic rings. The predicted octanol–water partition coefficient (Wildman–Crippen LogP) is 0.0204. The minimum absolute atomic E-state index is 0.131. The van der Waals surface area contributed by atoms with Crippen molar-refractivity contribution in [1.82, 2.24) is 5.01 Å². The number of ether oxygens (including phenoxy) is 1. The highest BCUT2D eigenvalue weighted by atomic mass is 16.8. The van der Waals surface area contributed by atoms with Crippen LogP contribution in [0.4, 0.5) is 0 Å². The fraction of sp³-hybridized carbons (Fsp3) is 0.875. The summed E-state index contributed by atoms with van der Waals surface area (Å²) in [6.07, 6.45) is 0.984. The molecule has 0 aromatic carbocycles. The molecule has 0 saturated carbocycles. The van der Waals surface area contributed by atoms with Gasteiger partial charge in [-0.15, -0.1) is 5.01 Å². The summed E-state index contributed by atoms with van der Waals surface area (Å²) < 4.78 is 4.58. The molecule has 0 amide bonds. The molecule has 0 spiro atoms. The van der Waals surface area contributed by atoms with Crippen molar-refractivity contribution in [3.8, 4) is 0 Å². The lowest BCUT2D eigenvalue weighted by atomic mass is 10.3. The third-order valence-electron chi connectivity index (χ3n) is 1.57. The molecule has 0 aliphatic heterocycles. The molecule has 0 atom stereocenters. The fourth-order valence-corrected chi connectivity index (χ4v) is 0.734. The van der Waals surface area contributed by atoms with Crippen molar-refractivity contribution in [3.63, 3.8) is 0 Å². The van der Waals surface area contributed by atoms with E-state index in [2.05, 4.69) is 14.9 Å². The number of carbonyl (C=O) groups is 1. The van der Waals surface area contributed by atoms with Crippen LogP contribution in [0.5, 0.6) is 0 Å². The first-order valence-corrected chi connectivity index (χ1v) is 4.89. The zero-order valence-electron chi connectivity index (χ0n) is 9.46. The van der Waals surface area contributed by atoms with Gasteiger partial charge in [-0.05, 0) is 6.42 Å². The number of hydrazine groups is 1. The molecule has 16 heavy (non-hydrogen) atoms. The van der Waals surface area contributed by atoms with E-state index in [0.29, 0.717) is 12.8 Å². The first-order chi connectivity index (χ1) is 7.61. The lowest BCUT2D eigenvalue weighted by Gasteiger charge is -2.10. The quantitative estimate of drug-likeness (QED) is 0.159. The second-order valence-corrected chi connectivity index (χ2v) is 2.95. The van der Waals surface area contributed by atoms with E-state index in [1.165, 1.54) is 7.05 Å². The Hall–Kier alpha value is -1.57. The average molecular weight is 235 g/mol. The van der Waals surface area contributed by atoms with Crippen molar-refractivity contribution < 1.29 is 24.4 Å². The van der Waals surface area contributed by atoms with E-state index in [9.17, 15) is 10.0 Å². The standard InChI is InChI=1S/C8H17N3O5/c1-3-4-8(13)15-7-16-9-11(14)10(2)5-6-12/h12H,3-7H2,1-2H3/b11-9-. The van der Waals surface area contributed by atoms with Crippen LogP contribution in [0.15, 0.2) is 5.28 Å². The van der Waals surface area contributed by atoms with Gasteiger partial charge in [0.1, 0.15) is 0 Å². The Kier molecular flexibility index (Phi) is 7.86.